The van der Waals surface area contributed by atoms with Gasteiger partial charge in [-0.1, -0.05) is 23.2 Å². The van der Waals surface area contributed by atoms with E-state index in [0.717, 1.165) is 0 Å². The van der Waals surface area contributed by atoms with E-state index in [1.165, 1.54) is 7.11 Å². The van der Waals surface area contributed by atoms with E-state index in [0.29, 0.717) is 15.9 Å². The van der Waals surface area contributed by atoms with E-state index in [9.17, 15) is 4.79 Å². The summed E-state index contributed by atoms with van der Waals surface area (Å²) in [6.45, 7) is 0. The standard InChI is InChI=1S/C11H8Cl2N2O2/c1-17-7-4-6-8(5(12)2-3-15-6)10(13)9(7)11(14)16/h2-4H,1H3,(H2,14,16). The van der Waals surface area contributed by atoms with Gasteiger partial charge in [0.2, 0.25) is 0 Å². The van der Waals surface area contributed by atoms with Crippen LogP contribution in [0, 0.1) is 0 Å². The van der Waals surface area contributed by atoms with Crippen LogP contribution in [0.5, 0.6) is 5.75 Å². The second-order valence-electron chi connectivity index (χ2n) is 3.32. The number of hydrogen-bond acceptors (Lipinski definition) is 3. The number of carbonyl (C=O) groups is 1. The van der Waals surface area contributed by atoms with Gasteiger partial charge in [0, 0.05) is 17.6 Å². The number of pyridine rings is 1. The van der Waals surface area contributed by atoms with Crippen LogP contribution in [-0.2, 0) is 0 Å². The van der Waals surface area contributed by atoms with Crippen molar-refractivity contribution in [2.24, 2.45) is 5.73 Å². The zero-order chi connectivity index (χ0) is 12.6. The average Bonchev–Trinajstić information content (AvgIpc) is 2.27. The predicted molar refractivity (Wildman–Crippen MR) is 66.8 cm³/mol. The molecule has 2 rings (SSSR count). The molecule has 4 nitrogen and oxygen atoms in total. The minimum absolute atomic E-state index is 0.108. The van der Waals surface area contributed by atoms with Gasteiger partial charge in [-0.15, -0.1) is 0 Å². The molecule has 88 valence electrons. The third-order valence-corrected chi connectivity index (χ3v) is 3.04. The Balaban J connectivity index is 2.94. The molecule has 1 heterocycles. The van der Waals surface area contributed by atoms with Crippen molar-refractivity contribution in [1.29, 1.82) is 0 Å². The summed E-state index contributed by atoms with van der Waals surface area (Å²) in [7, 11) is 1.43. The van der Waals surface area contributed by atoms with Crippen molar-refractivity contribution in [2.45, 2.75) is 0 Å². The summed E-state index contributed by atoms with van der Waals surface area (Å²) in [5, 5.41) is 1.06. The summed E-state index contributed by atoms with van der Waals surface area (Å²) in [5.74, 6) is -0.390. The van der Waals surface area contributed by atoms with Crippen LogP contribution in [0.25, 0.3) is 10.9 Å². The van der Waals surface area contributed by atoms with Gasteiger partial charge >= 0.3 is 0 Å². The van der Waals surface area contributed by atoms with Gasteiger partial charge in [-0.2, -0.15) is 0 Å². The topological polar surface area (TPSA) is 65.2 Å². The number of methoxy groups -OCH3 is 1. The SMILES string of the molecule is COc1cc2nccc(Cl)c2c(Cl)c1C(N)=O. The molecule has 0 radical (unpaired) electrons. The number of fused-ring (bicyclic) bond motifs is 1. The first-order valence-corrected chi connectivity index (χ1v) is 5.42. The van der Waals surface area contributed by atoms with Gasteiger partial charge in [-0.25, -0.2) is 0 Å². The van der Waals surface area contributed by atoms with E-state index in [4.69, 9.17) is 33.7 Å². The van der Waals surface area contributed by atoms with Gasteiger partial charge in [-0.3, -0.25) is 9.78 Å². The van der Waals surface area contributed by atoms with Crippen LogP contribution >= 0.6 is 23.2 Å². The molecule has 0 aliphatic heterocycles. The minimum Gasteiger partial charge on any atom is -0.496 e. The highest BCUT2D eigenvalue weighted by atomic mass is 35.5. The molecular formula is C11H8Cl2N2O2. The smallest absolute Gasteiger partial charge is 0.254 e. The normalized spacial score (nSPS) is 10.5. The molecule has 1 aromatic heterocycles. The first kappa shape index (κ1) is 12.0. The molecule has 0 unspecified atom stereocenters. The molecule has 0 atom stereocenters. The van der Waals surface area contributed by atoms with Crippen molar-refractivity contribution < 1.29 is 9.53 Å². The van der Waals surface area contributed by atoms with E-state index in [1.54, 1.807) is 18.3 Å². The van der Waals surface area contributed by atoms with Crippen LogP contribution in [-0.4, -0.2) is 18.0 Å². The molecule has 0 spiro atoms. The lowest BCUT2D eigenvalue weighted by Gasteiger charge is -2.10. The lowest BCUT2D eigenvalue weighted by Crippen LogP contribution is -2.13. The minimum atomic E-state index is -0.673. The highest BCUT2D eigenvalue weighted by molar-refractivity contribution is 6.44. The molecule has 0 aliphatic carbocycles. The van der Waals surface area contributed by atoms with E-state index < -0.39 is 5.91 Å². The summed E-state index contributed by atoms with van der Waals surface area (Å²) in [5.41, 5.74) is 5.92. The fourth-order valence-corrected chi connectivity index (χ4v) is 2.28. The van der Waals surface area contributed by atoms with Crippen LogP contribution in [0.2, 0.25) is 10.0 Å². The van der Waals surface area contributed by atoms with Crippen molar-refractivity contribution >= 4 is 40.0 Å². The maximum atomic E-state index is 11.4. The van der Waals surface area contributed by atoms with Gasteiger partial charge in [0.05, 0.1) is 22.7 Å². The number of carbonyl (C=O) groups excluding carboxylic acids is 1. The number of aromatic nitrogens is 1. The van der Waals surface area contributed by atoms with Gasteiger partial charge in [0.1, 0.15) is 11.3 Å². The molecule has 6 heteroatoms. The summed E-state index contributed by atoms with van der Waals surface area (Å²) in [4.78, 5) is 15.5. The Hall–Kier alpha value is -1.52. The number of nitrogens with two attached hydrogens (primary N) is 1. The average molecular weight is 271 g/mol. The molecule has 0 bridgehead atoms. The maximum Gasteiger partial charge on any atom is 0.254 e. The third-order valence-electron chi connectivity index (χ3n) is 2.35. The highest BCUT2D eigenvalue weighted by Gasteiger charge is 2.19. The number of rotatable bonds is 2. The molecule has 1 amide bonds. The lowest BCUT2D eigenvalue weighted by molar-refractivity contribution is 0.0997. The summed E-state index contributed by atoms with van der Waals surface area (Å²) < 4.78 is 5.07. The Bertz CT molecular complexity index is 614. The van der Waals surface area contributed by atoms with Gasteiger partial charge in [-0.05, 0) is 6.07 Å². The molecule has 0 fully saturated rings. The summed E-state index contributed by atoms with van der Waals surface area (Å²) in [6, 6.07) is 3.17. The number of nitrogens with zero attached hydrogens (tertiary/aromatic N) is 1. The zero-order valence-electron chi connectivity index (χ0n) is 8.83. The lowest BCUT2D eigenvalue weighted by atomic mass is 10.1. The molecule has 0 saturated heterocycles. The Kier molecular flexibility index (Phi) is 3.09. The van der Waals surface area contributed by atoms with Crippen molar-refractivity contribution in [2.75, 3.05) is 7.11 Å². The fourth-order valence-electron chi connectivity index (χ4n) is 1.60. The number of primary amides is 1. The monoisotopic (exact) mass is 270 g/mol. The Morgan fingerprint density at radius 3 is 2.76 bits per heavy atom. The molecule has 0 saturated carbocycles. The van der Waals surface area contributed by atoms with Crippen molar-refractivity contribution in [3.8, 4) is 5.75 Å². The van der Waals surface area contributed by atoms with E-state index >= 15 is 0 Å². The second kappa shape index (κ2) is 4.39. The number of benzene rings is 1. The molecule has 17 heavy (non-hydrogen) atoms. The third kappa shape index (κ3) is 1.90. The van der Waals surface area contributed by atoms with Crippen molar-refractivity contribution in [3.63, 3.8) is 0 Å². The van der Waals surface area contributed by atoms with Crippen LogP contribution in [0.3, 0.4) is 0 Å². The van der Waals surface area contributed by atoms with E-state index in [2.05, 4.69) is 4.98 Å². The Labute approximate surface area is 107 Å². The fraction of sp³-hybridized carbons (Fsp3) is 0.0909. The van der Waals surface area contributed by atoms with Gasteiger partial charge in [0.25, 0.3) is 5.91 Å². The first-order valence-electron chi connectivity index (χ1n) is 4.66. The van der Waals surface area contributed by atoms with Crippen LogP contribution < -0.4 is 10.5 Å². The second-order valence-corrected chi connectivity index (χ2v) is 4.10. The number of ether oxygens (including phenoxy) is 1. The first-order chi connectivity index (χ1) is 8.06. The van der Waals surface area contributed by atoms with Gasteiger partial charge < -0.3 is 10.5 Å². The quantitative estimate of drug-likeness (QED) is 0.913. The van der Waals surface area contributed by atoms with Crippen LogP contribution in [0.15, 0.2) is 18.3 Å². The van der Waals surface area contributed by atoms with Crippen molar-refractivity contribution in [3.05, 3.63) is 33.9 Å². The van der Waals surface area contributed by atoms with Crippen LogP contribution in [0.4, 0.5) is 0 Å². The highest BCUT2D eigenvalue weighted by Crippen LogP contribution is 2.36. The predicted octanol–water partition coefficient (Wildman–Crippen LogP) is 2.65. The molecular weight excluding hydrogens is 263 g/mol. The Morgan fingerprint density at radius 2 is 2.18 bits per heavy atom. The molecule has 2 aromatic rings. The Morgan fingerprint density at radius 1 is 1.47 bits per heavy atom. The molecule has 0 aliphatic rings. The summed E-state index contributed by atoms with van der Waals surface area (Å²) in [6.07, 6.45) is 1.55. The number of halogens is 2. The summed E-state index contributed by atoms with van der Waals surface area (Å²) >= 11 is 12.1. The number of amides is 1. The van der Waals surface area contributed by atoms with E-state index in [1.807, 2.05) is 0 Å². The van der Waals surface area contributed by atoms with Gasteiger partial charge in [0.15, 0.2) is 0 Å². The van der Waals surface area contributed by atoms with Crippen LogP contribution in [0.1, 0.15) is 10.4 Å². The van der Waals surface area contributed by atoms with Crippen molar-refractivity contribution in [1.82, 2.24) is 4.98 Å². The van der Waals surface area contributed by atoms with E-state index in [-0.39, 0.29) is 16.3 Å². The zero-order valence-corrected chi connectivity index (χ0v) is 10.3. The molecule has 2 N–H and O–H groups in total. The molecule has 1 aromatic carbocycles. The number of hydrogen-bond donors (Lipinski definition) is 1. The maximum absolute atomic E-state index is 11.4. The largest absolute Gasteiger partial charge is 0.496 e.